The van der Waals surface area contributed by atoms with E-state index in [0.717, 1.165) is 35.0 Å². The number of amides is 1. The van der Waals surface area contributed by atoms with E-state index < -0.39 is 0 Å². The van der Waals surface area contributed by atoms with Gasteiger partial charge in [0, 0.05) is 30.3 Å². The van der Waals surface area contributed by atoms with Crippen molar-refractivity contribution in [1.82, 2.24) is 10.3 Å². The van der Waals surface area contributed by atoms with Crippen molar-refractivity contribution in [2.45, 2.75) is 59.3 Å². The van der Waals surface area contributed by atoms with Crippen molar-refractivity contribution in [1.29, 1.82) is 0 Å². The molecule has 1 N–H and O–H groups in total. The second-order valence-corrected chi connectivity index (χ2v) is 8.08. The van der Waals surface area contributed by atoms with Gasteiger partial charge in [0.1, 0.15) is 5.01 Å². The molecular weight excluding hydrogens is 340 g/mol. The van der Waals surface area contributed by atoms with Gasteiger partial charge in [0.05, 0.1) is 5.69 Å². The lowest BCUT2D eigenvalue weighted by Crippen LogP contribution is -2.27. The van der Waals surface area contributed by atoms with Crippen LogP contribution in [0.3, 0.4) is 0 Å². The van der Waals surface area contributed by atoms with Crippen LogP contribution in [0.2, 0.25) is 0 Å². The molecule has 1 heterocycles. The van der Waals surface area contributed by atoms with Gasteiger partial charge in [-0.3, -0.25) is 4.79 Å². The zero-order chi connectivity index (χ0) is 18.8. The Bertz CT molecular complexity index is 653. The van der Waals surface area contributed by atoms with Crippen LogP contribution in [0, 0.1) is 11.8 Å². The molecule has 2 aromatic rings. The van der Waals surface area contributed by atoms with Crippen LogP contribution in [0.25, 0.3) is 10.6 Å². The van der Waals surface area contributed by atoms with Crippen molar-refractivity contribution >= 4 is 17.2 Å². The first-order valence-corrected chi connectivity index (χ1v) is 10.8. The molecule has 2 rings (SSSR count). The second-order valence-electron chi connectivity index (χ2n) is 7.22. The first-order valence-electron chi connectivity index (χ1n) is 9.88. The molecule has 26 heavy (non-hydrogen) atoms. The van der Waals surface area contributed by atoms with Crippen LogP contribution in [0.5, 0.6) is 0 Å². The largest absolute Gasteiger partial charge is 0.356 e. The number of aromatic nitrogens is 1. The maximum Gasteiger partial charge on any atom is 0.220 e. The molecule has 0 aliphatic carbocycles. The maximum absolute atomic E-state index is 12.2. The molecular formula is C22H32N2OS. The maximum atomic E-state index is 12.2. The molecule has 142 valence electrons. The molecule has 3 nitrogen and oxygen atoms in total. The minimum atomic E-state index is 0.169. The van der Waals surface area contributed by atoms with E-state index >= 15 is 0 Å². The predicted octanol–water partition coefficient (Wildman–Crippen LogP) is 5.71. The number of carbonyl (C=O) groups excluding carboxylic acids is 1. The van der Waals surface area contributed by atoms with Gasteiger partial charge < -0.3 is 5.32 Å². The summed E-state index contributed by atoms with van der Waals surface area (Å²) in [4.78, 5) is 16.8. The number of benzene rings is 1. The summed E-state index contributed by atoms with van der Waals surface area (Å²) < 4.78 is 0. The molecule has 2 unspecified atom stereocenters. The lowest BCUT2D eigenvalue weighted by molar-refractivity contribution is -0.121. The zero-order valence-corrected chi connectivity index (χ0v) is 17.1. The highest BCUT2D eigenvalue weighted by atomic mass is 32.1. The van der Waals surface area contributed by atoms with Crippen molar-refractivity contribution in [2.24, 2.45) is 11.8 Å². The van der Waals surface area contributed by atoms with E-state index in [4.69, 9.17) is 0 Å². The molecule has 2 atom stereocenters. The molecule has 1 amide bonds. The number of nitrogens with one attached hydrogen (secondary N) is 1. The summed E-state index contributed by atoms with van der Waals surface area (Å²) in [5, 5.41) is 6.19. The third-order valence-corrected chi connectivity index (χ3v) is 5.76. The molecule has 0 bridgehead atoms. The van der Waals surface area contributed by atoms with Crippen LogP contribution in [-0.2, 0) is 11.2 Å². The summed E-state index contributed by atoms with van der Waals surface area (Å²) in [6, 6.07) is 10.2. The first-order chi connectivity index (χ1) is 12.6. The molecule has 0 aliphatic rings. The quantitative estimate of drug-likeness (QED) is 0.549. The van der Waals surface area contributed by atoms with Gasteiger partial charge in [-0.2, -0.15) is 0 Å². The van der Waals surface area contributed by atoms with Crippen molar-refractivity contribution in [3.05, 3.63) is 41.4 Å². The van der Waals surface area contributed by atoms with Gasteiger partial charge in [0.15, 0.2) is 0 Å². The number of thiazole rings is 1. The standard InChI is InChI=1S/C22H32N2OS/c1-4-9-18(5-2)14-17(3)15-21(25)23-13-12-20-16-26-22(24-20)19-10-7-6-8-11-19/h6-8,10-11,16-18H,4-5,9,12-15H2,1-3H3,(H,23,25). The van der Waals surface area contributed by atoms with Gasteiger partial charge in [-0.1, -0.05) is 70.4 Å². The summed E-state index contributed by atoms with van der Waals surface area (Å²) in [5.41, 5.74) is 2.20. The van der Waals surface area contributed by atoms with Crippen molar-refractivity contribution in [3.63, 3.8) is 0 Å². The fourth-order valence-electron chi connectivity index (χ4n) is 3.40. The van der Waals surface area contributed by atoms with E-state index in [1.165, 1.54) is 19.3 Å². The Morgan fingerprint density at radius 1 is 1.23 bits per heavy atom. The molecule has 0 saturated carbocycles. The number of rotatable bonds is 11. The molecule has 0 radical (unpaired) electrons. The Labute approximate surface area is 162 Å². The summed E-state index contributed by atoms with van der Waals surface area (Å²) in [6.07, 6.45) is 6.30. The predicted molar refractivity (Wildman–Crippen MR) is 111 cm³/mol. The minimum Gasteiger partial charge on any atom is -0.356 e. The van der Waals surface area contributed by atoms with E-state index in [1.807, 2.05) is 18.2 Å². The average molecular weight is 373 g/mol. The number of hydrogen-bond donors (Lipinski definition) is 1. The summed E-state index contributed by atoms with van der Waals surface area (Å²) in [5.74, 6) is 1.38. The number of nitrogens with zero attached hydrogens (tertiary/aromatic N) is 1. The summed E-state index contributed by atoms with van der Waals surface area (Å²) in [6.45, 7) is 7.35. The highest BCUT2D eigenvalue weighted by Crippen LogP contribution is 2.24. The van der Waals surface area contributed by atoms with Gasteiger partial charge in [-0.05, 0) is 18.3 Å². The smallest absolute Gasteiger partial charge is 0.220 e. The zero-order valence-electron chi connectivity index (χ0n) is 16.3. The van der Waals surface area contributed by atoms with Crippen LogP contribution in [0.4, 0.5) is 0 Å². The SMILES string of the molecule is CCCC(CC)CC(C)CC(=O)NCCc1csc(-c2ccccc2)n1. The highest BCUT2D eigenvalue weighted by molar-refractivity contribution is 7.13. The molecule has 0 aliphatic heterocycles. The Balaban J connectivity index is 1.71. The lowest BCUT2D eigenvalue weighted by atomic mass is 9.88. The number of carbonyl (C=O) groups is 1. The van der Waals surface area contributed by atoms with Gasteiger partial charge in [0.2, 0.25) is 5.91 Å². The van der Waals surface area contributed by atoms with Crippen molar-refractivity contribution in [3.8, 4) is 10.6 Å². The fraction of sp³-hybridized carbons (Fsp3) is 0.545. The fourth-order valence-corrected chi connectivity index (χ4v) is 4.26. The van der Waals surface area contributed by atoms with Crippen LogP contribution in [0.1, 0.15) is 58.6 Å². The molecule has 0 fully saturated rings. The summed E-state index contributed by atoms with van der Waals surface area (Å²) in [7, 11) is 0. The third-order valence-electron chi connectivity index (χ3n) is 4.82. The van der Waals surface area contributed by atoms with Gasteiger partial charge in [-0.25, -0.2) is 4.98 Å². The molecule has 1 aromatic carbocycles. The Morgan fingerprint density at radius 2 is 2.00 bits per heavy atom. The van der Waals surface area contributed by atoms with Crippen molar-refractivity contribution in [2.75, 3.05) is 6.54 Å². The van der Waals surface area contributed by atoms with Crippen LogP contribution in [0.15, 0.2) is 35.7 Å². The minimum absolute atomic E-state index is 0.169. The number of hydrogen-bond acceptors (Lipinski definition) is 3. The second kappa shape index (κ2) is 11.1. The van der Waals surface area contributed by atoms with Crippen LogP contribution in [-0.4, -0.2) is 17.4 Å². The molecule has 0 spiro atoms. The van der Waals surface area contributed by atoms with Gasteiger partial charge in [0.25, 0.3) is 0 Å². The van der Waals surface area contributed by atoms with E-state index in [2.05, 4.69) is 48.6 Å². The Kier molecular flexibility index (Phi) is 8.82. The topological polar surface area (TPSA) is 42.0 Å². The normalized spacial score (nSPS) is 13.3. The van der Waals surface area contributed by atoms with Crippen LogP contribution < -0.4 is 5.32 Å². The lowest BCUT2D eigenvalue weighted by Gasteiger charge is -2.18. The van der Waals surface area contributed by atoms with Crippen LogP contribution >= 0.6 is 11.3 Å². The van der Waals surface area contributed by atoms with E-state index in [9.17, 15) is 4.79 Å². The van der Waals surface area contributed by atoms with E-state index in [0.29, 0.717) is 18.9 Å². The monoisotopic (exact) mass is 372 g/mol. The van der Waals surface area contributed by atoms with Gasteiger partial charge in [-0.15, -0.1) is 11.3 Å². The Morgan fingerprint density at radius 3 is 2.69 bits per heavy atom. The summed E-state index contributed by atoms with van der Waals surface area (Å²) >= 11 is 1.66. The Hall–Kier alpha value is -1.68. The van der Waals surface area contributed by atoms with Gasteiger partial charge >= 0.3 is 0 Å². The molecule has 0 saturated heterocycles. The molecule has 1 aromatic heterocycles. The first kappa shape index (κ1) is 20.6. The van der Waals surface area contributed by atoms with E-state index in [1.54, 1.807) is 11.3 Å². The van der Waals surface area contributed by atoms with Crippen molar-refractivity contribution < 1.29 is 4.79 Å². The van der Waals surface area contributed by atoms with E-state index in [-0.39, 0.29) is 5.91 Å². The highest BCUT2D eigenvalue weighted by Gasteiger charge is 2.14. The third kappa shape index (κ3) is 6.91. The molecule has 4 heteroatoms. The average Bonchev–Trinajstić information content (AvgIpc) is 3.11.